The summed E-state index contributed by atoms with van der Waals surface area (Å²) in [5, 5.41) is 0. The Bertz CT molecular complexity index is 1010. The van der Waals surface area contributed by atoms with E-state index in [0.717, 1.165) is 11.3 Å². The summed E-state index contributed by atoms with van der Waals surface area (Å²) in [6.07, 6.45) is 3.96. The minimum absolute atomic E-state index is 0.0821. The number of carbonyl (C=O) groups is 2. The molecule has 0 bridgehead atoms. The normalized spacial score (nSPS) is 12.8. The molecule has 0 unspecified atom stereocenters. The lowest BCUT2D eigenvalue weighted by molar-refractivity contribution is -0.132. The molecule has 0 aliphatic carbocycles. The molecule has 2 aromatic heterocycles. The van der Waals surface area contributed by atoms with Crippen LogP contribution in [0.15, 0.2) is 73.1 Å². The second-order valence-electron chi connectivity index (χ2n) is 6.97. The first kappa shape index (κ1) is 19.6. The highest BCUT2D eigenvalue weighted by atomic mass is 16.5. The van der Waals surface area contributed by atoms with Gasteiger partial charge in [-0.1, -0.05) is 36.4 Å². The van der Waals surface area contributed by atoms with E-state index in [1.165, 1.54) is 4.90 Å². The predicted octanol–water partition coefficient (Wildman–Crippen LogP) is 2.47. The molecule has 4 rings (SSSR count). The maximum absolute atomic E-state index is 13.2. The van der Waals surface area contributed by atoms with Crippen LogP contribution < -0.4 is 9.64 Å². The summed E-state index contributed by atoms with van der Waals surface area (Å²) in [4.78, 5) is 37.4. The molecule has 0 atom stereocenters. The number of benzene rings is 1. The molecule has 152 valence electrons. The molecule has 0 saturated heterocycles. The highest BCUT2D eigenvalue weighted by Crippen LogP contribution is 2.28. The van der Waals surface area contributed by atoms with E-state index in [9.17, 15) is 9.59 Å². The van der Waals surface area contributed by atoms with Gasteiger partial charge in [-0.05, 0) is 29.8 Å². The van der Waals surface area contributed by atoms with Crippen molar-refractivity contribution in [3.63, 3.8) is 0 Å². The molecule has 0 spiro atoms. The van der Waals surface area contributed by atoms with Crippen molar-refractivity contribution < 1.29 is 14.3 Å². The molecule has 7 nitrogen and oxygen atoms in total. The molecule has 7 heteroatoms. The Labute approximate surface area is 174 Å². The molecule has 3 aromatic rings. The van der Waals surface area contributed by atoms with Gasteiger partial charge in [-0.15, -0.1) is 0 Å². The van der Waals surface area contributed by atoms with Gasteiger partial charge < -0.3 is 9.64 Å². The second kappa shape index (κ2) is 9.17. The second-order valence-corrected chi connectivity index (χ2v) is 6.97. The molecule has 1 aliphatic rings. The third kappa shape index (κ3) is 4.63. The molecule has 0 saturated carbocycles. The van der Waals surface area contributed by atoms with Gasteiger partial charge in [0, 0.05) is 37.6 Å². The molecule has 0 fully saturated rings. The summed E-state index contributed by atoms with van der Waals surface area (Å²) in [6.45, 7) is 0.776. The molecular formula is C23H22N4O3. The fourth-order valence-electron chi connectivity index (χ4n) is 3.32. The van der Waals surface area contributed by atoms with Crippen LogP contribution in [0.4, 0.5) is 5.82 Å². The van der Waals surface area contributed by atoms with E-state index in [4.69, 9.17) is 4.74 Å². The molecule has 1 aromatic carbocycles. The van der Waals surface area contributed by atoms with Crippen LogP contribution in [-0.2, 0) is 22.6 Å². The number of amides is 2. The van der Waals surface area contributed by atoms with Crippen molar-refractivity contribution >= 4 is 17.6 Å². The van der Waals surface area contributed by atoms with Crippen LogP contribution in [0.2, 0.25) is 0 Å². The van der Waals surface area contributed by atoms with Gasteiger partial charge in [0.2, 0.25) is 5.91 Å². The average molecular weight is 402 g/mol. The van der Waals surface area contributed by atoms with Crippen LogP contribution in [0, 0.1) is 0 Å². The molecule has 30 heavy (non-hydrogen) atoms. The van der Waals surface area contributed by atoms with Crippen LogP contribution in [0.25, 0.3) is 0 Å². The van der Waals surface area contributed by atoms with E-state index < -0.39 is 0 Å². The van der Waals surface area contributed by atoms with E-state index in [1.54, 1.807) is 29.4 Å². The van der Waals surface area contributed by atoms with E-state index >= 15 is 0 Å². The van der Waals surface area contributed by atoms with Gasteiger partial charge in [0.15, 0.2) is 18.2 Å². The van der Waals surface area contributed by atoms with E-state index in [0.29, 0.717) is 31.1 Å². The van der Waals surface area contributed by atoms with Crippen molar-refractivity contribution in [2.45, 2.75) is 13.0 Å². The van der Waals surface area contributed by atoms with E-state index in [2.05, 4.69) is 9.97 Å². The monoisotopic (exact) mass is 402 g/mol. The number of aromatic nitrogens is 2. The van der Waals surface area contributed by atoms with Crippen LogP contribution in [0.1, 0.15) is 11.3 Å². The van der Waals surface area contributed by atoms with Gasteiger partial charge in [0.1, 0.15) is 6.54 Å². The minimum Gasteiger partial charge on any atom is -0.480 e. The maximum Gasteiger partial charge on any atom is 0.266 e. The van der Waals surface area contributed by atoms with E-state index in [1.807, 2.05) is 48.5 Å². The van der Waals surface area contributed by atoms with Gasteiger partial charge in [0.25, 0.3) is 5.91 Å². The highest BCUT2D eigenvalue weighted by molar-refractivity contribution is 6.01. The summed E-state index contributed by atoms with van der Waals surface area (Å²) in [5.41, 5.74) is 1.94. The Hall–Kier alpha value is -3.74. The van der Waals surface area contributed by atoms with Gasteiger partial charge in [-0.25, -0.2) is 4.98 Å². The van der Waals surface area contributed by atoms with Crippen LogP contribution in [0.3, 0.4) is 0 Å². The fourth-order valence-corrected chi connectivity index (χ4v) is 3.32. The molecule has 0 radical (unpaired) electrons. The Morgan fingerprint density at radius 1 is 1.00 bits per heavy atom. The van der Waals surface area contributed by atoms with Crippen molar-refractivity contribution in [2.24, 2.45) is 0 Å². The number of fused-ring (bicyclic) bond motifs is 1. The topological polar surface area (TPSA) is 75.6 Å². The van der Waals surface area contributed by atoms with Crippen molar-refractivity contribution in [1.29, 1.82) is 0 Å². The van der Waals surface area contributed by atoms with Crippen LogP contribution in [0.5, 0.6) is 5.75 Å². The summed E-state index contributed by atoms with van der Waals surface area (Å²) in [7, 11) is 0. The number of rotatable bonds is 7. The number of anilines is 1. The smallest absolute Gasteiger partial charge is 0.266 e. The Morgan fingerprint density at radius 2 is 1.80 bits per heavy atom. The number of ether oxygens (including phenoxy) is 1. The SMILES string of the molecule is O=C(CN1C(=O)COc2cccnc21)N(CCc1ccccn1)Cc1ccccc1. The number of carbonyl (C=O) groups excluding carboxylic acids is 2. The standard InChI is InChI=1S/C23H22N4O3/c28-21(16-27-22(29)17-30-20-10-6-13-25-23(20)27)26(15-18-7-2-1-3-8-18)14-11-19-9-4-5-12-24-19/h1-10,12-13H,11,14-17H2. The lowest BCUT2D eigenvalue weighted by Crippen LogP contribution is -2.47. The molecule has 1 aliphatic heterocycles. The lowest BCUT2D eigenvalue weighted by Gasteiger charge is -2.30. The average Bonchev–Trinajstić information content (AvgIpc) is 2.80. The molecule has 3 heterocycles. The van der Waals surface area contributed by atoms with Crippen molar-refractivity contribution in [3.8, 4) is 5.75 Å². The number of hydrogen-bond donors (Lipinski definition) is 0. The maximum atomic E-state index is 13.2. The van der Waals surface area contributed by atoms with E-state index in [-0.39, 0.29) is 25.0 Å². The summed E-state index contributed by atoms with van der Waals surface area (Å²) in [5.74, 6) is 0.458. The number of hydrogen-bond acceptors (Lipinski definition) is 5. The van der Waals surface area contributed by atoms with Crippen molar-refractivity contribution in [3.05, 3.63) is 84.3 Å². The van der Waals surface area contributed by atoms with Gasteiger partial charge >= 0.3 is 0 Å². The third-order valence-electron chi connectivity index (χ3n) is 4.89. The zero-order valence-corrected chi connectivity index (χ0v) is 16.5. The molecular weight excluding hydrogens is 380 g/mol. The third-order valence-corrected chi connectivity index (χ3v) is 4.89. The fraction of sp³-hybridized carbons (Fsp3) is 0.217. The summed E-state index contributed by atoms with van der Waals surface area (Å²) >= 11 is 0. The van der Waals surface area contributed by atoms with Gasteiger partial charge in [-0.2, -0.15) is 0 Å². The van der Waals surface area contributed by atoms with Crippen LogP contribution >= 0.6 is 0 Å². The van der Waals surface area contributed by atoms with Crippen molar-refractivity contribution in [2.75, 3.05) is 24.6 Å². The van der Waals surface area contributed by atoms with Gasteiger partial charge in [-0.3, -0.25) is 19.5 Å². The zero-order valence-electron chi connectivity index (χ0n) is 16.5. The first-order valence-electron chi connectivity index (χ1n) is 9.80. The Kier molecular flexibility index (Phi) is 5.98. The Balaban J connectivity index is 1.52. The van der Waals surface area contributed by atoms with Crippen molar-refractivity contribution in [1.82, 2.24) is 14.9 Å². The lowest BCUT2D eigenvalue weighted by atomic mass is 10.2. The number of pyridine rings is 2. The number of nitrogens with zero attached hydrogens (tertiary/aromatic N) is 4. The van der Waals surface area contributed by atoms with Gasteiger partial charge in [0.05, 0.1) is 0 Å². The Morgan fingerprint density at radius 3 is 2.60 bits per heavy atom. The predicted molar refractivity (Wildman–Crippen MR) is 112 cm³/mol. The van der Waals surface area contributed by atoms with Crippen LogP contribution in [-0.4, -0.2) is 46.4 Å². The molecule has 2 amide bonds. The largest absolute Gasteiger partial charge is 0.480 e. The summed E-state index contributed by atoms with van der Waals surface area (Å²) < 4.78 is 5.42. The first-order valence-corrected chi connectivity index (χ1v) is 9.80. The quantitative estimate of drug-likeness (QED) is 0.607. The zero-order chi connectivity index (χ0) is 20.8. The minimum atomic E-state index is -0.279. The highest BCUT2D eigenvalue weighted by Gasteiger charge is 2.30. The summed E-state index contributed by atoms with van der Waals surface area (Å²) in [6, 6.07) is 19.0. The molecule has 0 N–H and O–H groups in total. The first-order chi connectivity index (χ1) is 14.7.